The van der Waals surface area contributed by atoms with Crippen LogP contribution in [0.15, 0.2) is 24.4 Å². The van der Waals surface area contributed by atoms with E-state index < -0.39 is 13.0 Å². The van der Waals surface area contributed by atoms with E-state index in [1.54, 1.807) is 24.6 Å². The predicted molar refractivity (Wildman–Crippen MR) is 122 cm³/mol. The van der Waals surface area contributed by atoms with E-state index in [2.05, 4.69) is 30.7 Å². The van der Waals surface area contributed by atoms with Crippen LogP contribution in [0.25, 0.3) is 27.9 Å². The molecular formula is C22H26F2N8O. The summed E-state index contributed by atoms with van der Waals surface area (Å²) in [6.07, 6.45) is 1.50. The maximum Gasteiger partial charge on any atom is 0.256 e. The number of alkyl halides is 2. The van der Waals surface area contributed by atoms with Crippen molar-refractivity contribution >= 4 is 28.4 Å². The minimum atomic E-state index is -2.49. The van der Waals surface area contributed by atoms with Gasteiger partial charge in [-0.3, -0.25) is 0 Å². The Balaban J connectivity index is 1.49. The Morgan fingerprint density at radius 3 is 2.73 bits per heavy atom. The molecule has 0 amide bonds. The average molecular weight is 457 g/mol. The molecule has 0 radical (unpaired) electrons. The summed E-state index contributed by atoms with van der Waals surface area (Å²) in [5.41, 5.74) is 3.22. The highest BCUT2D eigenvalue weighted by atomic mass is 19.3. The van der Waals surface area contributed by atoms with Gasteiger partial charge < -0.3 is 19.9 Å². The van der Waals surface area contributed by atoms with E-state index in [1.165, 1.54) is 4.57 Å². The van der Waals surface area contributed by atoms with Gasteiger partial charge in [0.2, 0.25) is 5.95 Å². The van der Waals surface area contributed by atoms with Crippen LogP contribution in [-0.2, 0) is 11.3 Å². The van der Waals surface area contributed by atoms with E-state index >= 15 is 0 Å². The van der Waals surface area contributed by atoms with Gasteiger partial charge in [-0.05, 0) is 44.9 Å². The summed E-state index contributed by atoms with van der Waals surface area (Å²) in [5.74, 6) is 1.68. The first kappa shape index (κ1) is 21.5. The SMILES string of the molecule is CCOC1CC(Nc2nc(NC)c3c(-c4ccc5nc(C)n(CC(F)F)c5n4)ccn3n2)C1. The van der Waals surface area contributed by atoms with Crippen LogP contribution >= 0.6 is 0 Å². The van der Waals surface area contributed by atoms with Gasteiger partial charge in [0.1, 0.15) is 16.9 Å². The number of halogens is 2. The van der Waals surface area contributed by atoms with E-state index in [9.17, 15) is 8.78 Å². The Kier molecular flexibility index (Phi) is 5.57. The number of hydrogen-bond acceptors (Lipinski definition) is 7. The van der Waals surface area contributed by atoms with Crippen LogP contribution in [0.1, 0.15) is 25.6 Å². The minimum absolute atomic E-state index is 0.279. The second-order valence-electron chi connectivity index (χ2n) is 8.15. The number of rotatable bonds is 8. The van der Waals surface area contributed by atoms with Crippen molar-refractivity contribution in [1.82, 2.24) is 29.1 Å². The lowest BCUT2D eigenvalue weighted by molar-refractivity contribution is 0.00283. The van der Waals surface area contributed by atoms with Gasteiger partial charge in [-0.1, -0.05) is 0 Å². The van der Waals surface area contributed by atoms with Crippen LogP contribution in [-0.4, -0.2) is 61.4 Å². The fraction of sp³-hybridized carbons (Fsp3) is 0.455. The van der Waals surface area contributed by atoms with Crippen molar-refractivity contribution in [1.29, 1.82) is 0 Å². The maximum absolute atomic E-state index is 13.1. The zero-order chi connectivity index (χ0) is 23.1. The molecule has 1 aliphatic carbocycles. The Labute approximate surface area is 189 Å². The number of hydrogen-bond donors (Lipinski definition) is 2. The number of imidazole rings is 1. The predicted octanol–water partition coefficient (Wildman–Crippen LogP) is 3.74. The minimum Gasteiger partial charge on any atom is -0.378 e. The third-order valence-corrected chi connectivity index (χ3v) is 5.96. The topological polar surface area (TPSA) is 94.2 Å². The molecule has 0 atom stereocenters. The van der Waals surface area contributed by atoms with Crippen molar-refractivity contribution in [3.63, 3.8) is 0 Å². The first-order valence-corrected chi connectivity index (χ1v) is 11.0. The maximum atomic E-state index is 13.1. The number of anilines is 2. The lowest BCUT2D eigenvalue weighted by Gasteiger charge is -2.35. The second kappa shape index (κ2) is 8.54. The standard InChI is InChI=1S/C22H26F2N8O/c1-4-33-14-9-13(10-14)27-22-29-20(25-3)19-15(7-8-32(19)30-22)16-5-6-17-21(28-16)31(11-18(23)24)12(2)26-17/h5-8,13-14,18H,4,9-11H2,1-3H3,(H2,25,27,29,30). The van der Waals surface area contributed by atoms with Gasteiger partial charge in [0.15, 0.2) is 11.5 Å². The Morgan fingerprint density at radius 2 is 2.00 bits per heavy atom. The number of nitrogens with one attached hydrogen (secondary N) is 2. The first-order chi connectivity index (χ1) is 16.0. The van der Waals surface area contributed by atoms with Gasteiger partial charge in [-0.15, -0.1) is 5.10 Å². The molecule has 0 saturated heterocycles. The van der Waals surface area contributed by atoms with Crippen LogP contribution in [0.2, 0.25) is 0 Å². The first-order valence-electron chi connectivity index (χ1n) is 11.0. The molecule has 0 aliphatic heterocycles. The van der Waals surface area contributed by atoms with Crippen molar-refractivity contribution in [2.24, 2.45) is 0 Å². The lowest BCUT2D eigenvalue weighted by atomic mass is 9.89. The molecule has 9 nitrogen and oxygen atoms in total. The molecule has 0 bridgehead atoms. The molecule has 0 spiro atoms. The normalized spacial score (nSPS) is 18.2. The summed E-state index contributed by atoms with van der Waals surface area (Å²) in [5, 5.41) is 11.1. The molecule has 1 aliphatic rings. The summed E-state index contributed by atoms with van der Waals surface area (Å²) in [6.45, 7) is 3.98. The van der Waals surface area contributed by atoms with E-state index in [1.807, 2.05) is 25.3 Å². The zero-order valence-electron chi connectivity index (χ0n) is 18.7. The Hall–Kier alpha value is -3.34. The summed E-state index contributed by atoms with van der Waals surface area (Å²) in [7, 11) is 1.80. The Bertz CT molecular complexity index is 1290. The van der Waals surface area contributed by atoms with Crippen molar-refractivity contribution in [2.45, 2.75) is 51.8 Å². The molecule has 4 heterocycles. The summed E-state index contributed by atoms with van der Waals surface area (Å²) in [4.78, 5) is 13.7. The molecule has 33 heavy (non-hydrogen) atoms. The molecule has 1 saturated carbocycles. The monoisotopic (exact) mass is 456 g/mol. The fourth-order valence-corrected chi connectivity index (χ4v) is 4.33. The summed E-state index contributed by atoms with van der Waals surface area (Å²) in [6, 6.07) is 5.82. The molecule has 5 rings (SSSR count). The Morgan fingerprint density at radius 1 is 1.18 bits per heavy atom. The average Bonchev–Trinajstić information content (AvgIpc) is 3.32. The third kappa shape index (κ3) is 3.97. The van der Waals surface area contributed by atoms with E-state index in [-0.39, 0.29) is 6.04 Å². The van der Waals surface area contributed by atoms with E-state index in [4.69, 9.17) is 4.74 Å². The van der Waals surface area contributed by atoms with Crippen LogP contribution in [0.4, 0.5) is 20.5 Å². The summed E-state index contributed by atoms with van der Waals surface area (Å²) >= 11 is 0. The number of pyridine rings is 1. The quantitative estimate of drug-likeness (QED) is 0.417. The van der Waals surface area contributed by atoms with Crippen molar-refractivity contribution in [3.05, 3.63) is 30.2 Å². The molecule has 4 aromatic heterocycles. The van der Waals surface area contributed by atoms with Crippen LogP contribution in [0.3, 0.4) is 0 Å². The number of ether oxygens (including phenoxy) is 1. The highest BCUT2D eigenvalue weighted by Gasteiger charge is 2.30. The third-order valence-electron chi connectivity index (χ3n) is 5.96. The number of nitrogens with zero attached hydrogens (tertiary/aromatic N) is 6. The molecular weight excluding hydrogens is 430 g/mol. The highest BCUT2D eigenvalue weighted by Crippen LogP contribution is 2.31. The van der Waals surface area contributed by atoms with Gasteiger partial charge in [0, 0.05) is 31.5 Å². The molecule has 0 aromatic carbocycles. The molecule has 2 N–H and O–H groups in total. The number of aromatic nitrogens is 6. The van der Waals surface area contributed by atoms with Crippen molar-refractivity contribution < 1.29 is 13.5 Å². The molecule has 4 aromatic rings. The highest BCUT2D eigenvalue weighted by molar-refractivity contribution is 5.89. The van der Waals surface area contributed by atoms with Crippen molar-refractivity contribution in [2.75, 3.05) is 24.3 Å². The zero-order valence-corrected chi connectivity index (χ0v) is 18.7. The molecule has 0 unspecified atom stereocenters. The van der Waals surface area contributed by atoms with E-state index in [0.717, 1.165) is 30.5 Å². The number of fused-ring (bicyclic) bond motifs is 2. The van der Waals surface area contributed by atoms with Crippen molar-refractivity contribution in [3.8, 4) is 11.3 Å². The van der Waals surface area contributed by atoms with E-state index in [0.29, 0.717) is 40.6 Å². The van der Waals surface area contributed by atoms with Crippen LogP contribution in [0, 0.1) is 6.92 Å². The van der Waals surface area contributed by atoms with Gasteiger partial charge in [-0.2, -0.15) is 4.98 Å². The second-order valence-corrected chi connectivity index (χ2v) is 8.15. The lowest BCUT2D eigenvalue weighted by Crippen LogP contribution is -2.41. The fourth-order valence-electron chi connectivity index (χ4n) is 4.33. The summed E-state index contributed by atoms with van der Waals surface area (Å²) < 4.78 is 35.0. The van der Waals surface area contributed by atoms with Gasteiger partial charge >= 0.3 is 0 Å². The van der Waals surface area contributed by atoms with Gasteiger partial charge in [0.25, 0.3) is 6.43 Å². The van der Waals surface area contributed by atoms with Gasteiger partial charge in [0.05, 0.1) is 18.3 Å². The molecule has 11 heteroatoms. The largest absolute Gasteiger partial charge is 0.378 e. The van der Waals surface area contributed by atoms with Gasteiger partial charge in [-0.25, -0.2) is 23.3 Å². The molecule has 1 fully saturated rings. The number of aryl methyl sites for hydroxylation is 1. The smallest absolute Gasteiger partial charge is 0.256 e. The van der Waals surface area contributed by atoms with Crippen LogP contribution in [0.5, 0.6) is 0 Å². The molecule has 174 valence electrons. The van der Waals surface area contributed by atoms with Crippen LogP contribution < -0.4 is 10.6 Å².